The van der Waals surface area contributed by atoms with Gasteiger partial charge < -0.3 is 19.3 Å². The van der Waals surface area contributed by atoms with Crippen molar-refractivity contribution in [2.45, 2.75) is 82.6 Å². The maximum Gasteiger partial charge on any atom is 0.331 e. The minimum absolute atomic E-state index is 0.134. The molecule has 158 valence electrons. The van der Waals surface area contributed by atoms with Crippen molar-refractivity contribution in [3.05, 3.63) is 42.0 Å². The molecule has 1 saturated carbocycles. The monoisotopic (exact) mass is 400 g/mol. The SMILES string of the molecule is CC(C)[C@H]1C(OC(=O)C=Cc2ccccc2)[C@H]2O[C@@]2(C)CC[C@H]2O[C@]2(C)C[C@H]1O. The maximum absolute atomic E-state index is 12.6. The highest BCUT2D eigenvalue weighted by molar-refractivity contribution is 5.87. The number of epoxide rings is 2. The average molecular weight is 401 g/mol. The standard InChI is InChI=1S/C24H32O5/c1-15(2)20-17(25)14-24(4)18(28-24)12-13-23(3)22(29-23)21(20)27-19(26)11-10-16-8-6-5-7-9-16/h5-11,15,17-18,20-22,25H,12-14H2,1-4H3/t17-,18-,20-,21?,22-,23+,24-/m1/s1. The number of carbonyl (C=O) groups is 1. The smallest absolute Gasteiger partial charge is 0.331 e. The predicted molar refractivity (Wildman–Crippen MR) is 110 cm³/mol. The molecular weight excluding hydrogens is 368 g/mol. The summed E-state index contributed by atoms with van der Waals surface area (Å²) in [6.07, 6.45) is 4.41. The lowest BCUT2D eigenvalue weighted by molar-refractivity contribution is -0.152. The summed E-state index contributed by atoms with van der Waals surface area (Å²) in [6, 6.07) is 9.65. The number of carbonyl (C=O) groups excluding carboxylic acids is 1. The molecule has 0 radical (unpaired) electrons. The summed E-state index contributed by atoms with van der Waals surface area (Å²) in [6.45, 7) is 8.27. The summed E-state index contributed by atoms with van der Waals surface area (Å²) >= 11 is 0. The van der Waals surface area contributed by atoms with Crippen LogP contribution in [0.25, 0.3) is 6.08 Å². The normalized spacial score (nSPS) is 41.5. The number of aliphatic hydroxyl groups excluding tert-OH is 1. The third-order valence-corrected chi connectivity index (χ3v) is 6.85. The fourth-order valence-corrected chi connectivity index (χ4v) is 4.96. The van der Waals surface area contributed by atoms with Gasteiger partial charge in [-0.25, -0.2) is 4.79 Å². The first-order chi connectivity index (χ1) is 13.7. The molecule has 1 N–H and O–H groups in total. The zero-order valence-electron chi connectivity index (χ0n) is 17.7. The van der Waals surface area contributed by atoms with Crippen molar-refractivity contribution in [1.29, 1.82) is 0 Å². The summed E-state index contributed by atoms with van der Waals surface area (Å²) in [4.78, 5) is 12.6. The molecule has 7 atom stereocenters. The van der Waals surface area contributed by atoms with E-state index in [0.29, 0.717) is 6.42 Å². The lowest BCUT2D eigenvalue weighted by Gasteiger charge is -2.34. The van der Waals surface area contributed by atoms with Gasteiger partial charge >= 0.3 is 5.97 Å². The van der Waals surface area contributed by atoms with E-state index in [9.17, 15) is 9.90 Å². The largest absolute Gasteiger partial charge is 0.456 e. The van der Waals surface area contributed by atoms with Crippen molar-refractivity contribution < 1.29 is 24.1 Å². The van der Waals surface area contributed by atoms with Crippen molar-refractivity contribution >= 4 is 12.0 Å². The van der Waals surface area contributed by atoms with E-state index in [1.807, 2.05) is 30.3 Å². The summed E-state index contributed by atoms with van der Waals surface area (Å²) in [7, 11) is 0. The average Bonchev–Trinajstić information content (AvgIpc) is 3.53. The number of hydrogen-bond donors (Lipinski definition) is 1. The molecule has 4 rings (SSSR count). The van der Waals surface area contributed by atoms with Crippen LogP contribution in [0, 0.1) is 11.8 Å². The first-order valence-corrected chi connectivity index (χ1v) is 10.7. The van der Waals surface area contributed by atoms with E-state index in [-0.39, 0.29) is 35.2 Å². The Morgan fingerprint density at radius 2 is 1.93 bits per heavy atom. The summed E-state index contributed by atoms with van der Waals surface area (Å²) < 4.78 is 17.9. The van der Waals surface area contributed by atoms with Crippen LogP contribution in [0.2, 0.25) is 0 Å². The summed E-state index contributed by atoms with van der Waals surface area (Å²) in [5, 5.41) is 11.1. The van der Waals surface area contributed by atoms with Crippen LogP contribution in [0.3, 0.4) is 0 Å². The molecule has 29 heavy (non-hydrogen) atoms. The highest BCUT2D eigenvalue weighted by Crippen LogP contribution is 2.53. The Bertz CT molecular complexity index is 775. The number of rotatable bonds is 4. The molecule has 2 aliphatic heterocycles. The van der Waals surface area contributed by atoms with E-state index in [2.05, 4.69) is 27.7 Å². The number of fused-ring (bicyclic) bond motifs is 2. The van der Waals surface area contributed by atoms with Crippen LogP contribution in [-0.2, 0) is 19.0 Å². The lowest BCUT2D eigenvalue weighted by Crippen LogP contribution is -2.45. The second-order valence-corrected chi connectivity index (χ2v) is 9.55. The van der Waals surface area contributed by atoms with Gasteiger partial charge in [-0.3, -0.25) is 0 Å². The Hall–Kier alpha value is -1.69. The van der Waals surface area contributed by atoms with Gasteiger partial charge in [0.2, 0.25) is 0 Å². The first-order valence-electron chi connectivity index (χ1n) is 10.7. The second kappa shape index (κ2) is 7.53. The van der Waals surface area contributed by atoms with Gasteiger partial charge in [0.1, 0.15) is 12.2 Å². The topological polar surface area (TPSA) is 71.6 Å². The molecule has 1 unspecified atom stereocenters. The third-order valence-electron chi connectivity index (χ3n) is 6.85. The number of esters is 1. The van der Waals surface area contributed by atoms with E-state index < -0.39 is 18.2 Å². The van der Waals surface area contributed by atoms with Gasteiger partial charge in [0.25, 0.3) is 0 Å². The van der Waals surface area contributed by atoms with Gasteiger partial charge in [-0.05, 0) is 44.2 Å². The fourth-order valence-electron chi connectivity index (χ4n) is 4.96. The molecular formula is C24H32O5. The Morgan fingerprint density at radius 1 is 1.21 bits per heavy atom. The number of hydrogen-bond acceptors (Lipinski definition) is 5. The quantitative estimate of drug-likeness (QED) is 0.474. The van der Waals surface area contributed by atoms with Gasteiger partial charge in [0.05, 0.1) is 23.4 Å². The summed E-state index contributed by atoms with van der Waals surface area (Å²) in [5.41, 5.74) is 0.325. The van der Waals surface area contributed by atoms with Crippen molar-refractivity contribution in [3.8, 4) is 0 Å². The molecule has 3 aliphatic rings. The zero-order chi connectivity index (χ0) is 20.8. The van der Waals surface area contributed by atoms with Crippen molar-refractivity contribution in [1.82, 2.24) is 0 Å². The van der Waals surface area contributed by atoms with Crippen molar-refractivity contribution in [2.24, 2.45) is 11.8 Å². The maximum atomic E-state index is 12.6. The molecule has 3 fully saturated rings. The lowest BCUT2D eigenvalue weighted by atomic mass is 9.76. The molecule has 0 spiro atoms. The van der Waals surface area contributed by atoms with Crippen molar-refractivity contribution in [3.63, 3.8) is 0 Å². The van der Waals surface area contributed by atoms with Crippen molar-refractivity contribution in [2.75, 3.05) is 0 Å². The van der Waals surface area contributed by atoms with Crippen LogP contribution in [0.15, 0.2) is 36.4 Å². The molecule has 5 nitrogen and oxygen atoms in total. The highest BCUT2D eigenvalue weighted by atomic mass is 16.6. The van der Waals surface area contributed by atoms with E-state index in [0.717, 1.165) is 18.4 Å². The molecule has 0 amide bonds. The number of aliphatic hydroxyl groups is 1. The molecule has 0 aromatic heterocycles. The number of ether oxygens (including phenoxy) is 3. The first kappa shape index (κ1) is 20.6. The van der Waals surface area contributed by atoms with E-state index in [1.54, 1.807) is 6.08 Å². The van der Waals surface area contributed by atoms with E-state index in [4.69, 9.17) is 14.2 Å². The van der Waals surface area contributed by atoms with Crippen LogP contribution in [0.1, 0.15) is 52.5 Å². The zero-order valence-corrected chi connectivity index (χ0v) is 17.7. The predicted octanol–water partition coefficient (Wildman–Crippen LogP) is 3.74. The van der Waals surface area contributed by atoms with Gasteiger partial charge in [0, 0.05) is 18.4 Å². The van der Waals surface area contributed by atoms with Gasteiger partial charge in [-0.1, -0.05) is 44.2 Å². The minimum Gasteiger partial charge on any atom is -0.456 e. The minimum atomic E-state index is -0.618. The molecule has 0 bridgehead atoms. The molecule has 1 aromatic carbocycles. The van der Waals surface area contributed by atoms with Gasteiger partial charge in [-0.2, -0.15) is 0 Å². The van der Waals surface area contributed by atoms with Crippen LogP contribution < -0.4 is 0 Å². The van der Waals surface area contributed by atoms with Crippen LogP contribution in [0.5, 0.6) is 0 Å². The third kappa shape index (κ3) is 4.27. The van der Waals surface area contributed by atoms with E-state index >= 15 is 0 Å². The van der Waals surface area contributed by atoms with E-state index in [1.165, 1.54) is 6.08 Å². The Kier molecular flexibility index (Phi) is 5.34. The number of benzene rings is 1. The molecule has 2 saturated heterocycles. The molecule has 5 heteroatoms. The molecule has 1 aromatic rings. The Balaban J connectivity index is 1.54. The van der Waals surface area contributed by atoms with Gasteiger partial charge in [-0.15, -0.1) is 0 Å². The molecule has 1 aliphatic carbocycles. The Labute approximate surface area is 173 Å². The van der Waals surface area contributed by atoms with Crippen LogP contribution in [0.4, 0.5) is 0 Å². The fraction of sp³-hybridized carbons (Fsp3) is 0.625. The van der Waals surface area contributed by atoms with Crippen LogP contribution >= 0.6 is 0 Å². The second-order valence-electron chi connectivity index (χ2n) is 9.55. The highest BCUT2D eigenvalue weighted by Gasteiger charge is 2.64. The van der Waals surface area contributed by atoms with Crippen LogP contribution in [-0.4, -0.2) is 46.7 Å². The van der Waals surface area contributed by atoms with Gasteiger partial charge in [0.15, 0.2) is 0 Å². The summed E-state index contributed by atoms with van der Waals surface area (Å²) in [5.74, 6) is -0.483. The molecule has 2 heterocycles. The Morgan fingerprint density at radius 3 is 2.62 bits per heavy atom.